The van der Waals surface area contributed by atoms with Crippen LogP contribution in [0.5, 0.6) is 0 Å². The van der Waals surface area contributed by atoms with E-state index in [0.717, 1.165) is 79.0 Å². The van der Waals surface area contributed by atoms with Crippen LogP contribution in [-0.2, 0) is 0 Å². The van der Waals surface area contributed by atoms with Gasteiger partial charge in [0.15, 0.2) is 0 Å². The van der Waals surface area contributed by atoms with E-state index in [4.69, 9.17) is 19.9 Å². The summed E-state index contributed by atoms with van der Waals surface area (Å²) in [5, 5.41) is 2.57. The zero-order chi connectivity index (χ0) is 23.7. The lowest BCUT2D eigenvalue weighted by Crippen LogP contribution is -1.93. The maximum atomic E-state index is 14.5. The van der Waals surface area contributed by atoms with Crippen molar-refractivity contribution in [2.75, 3.05) is 0 Å². The van der Waals surface area contributed by atoms with E-state index < -0.39 is 11.6 Å². The SMILES string of the molecule is Fc1ccc(F)c2cc3nc4c(nc3cc12)-c1ccc2c3c(ccc-4c13)-c1nc3ccccc3nc1-2. The summed E-state index contributed by atoms with van der Waals surface area (Å²) in [5.74, 6) is -0.961. The van der Waals surface area contributed by atoms with Crippen LogP contribution in [0.25, 0.3) is 88.6 Å². The topological polar surface area (TPSA) is 51.6 Å². The molecule has 0 aliphatic heterocycles. The first-order chi connectivity index (χ1) is 17.7. The highest BCUT2D eigenvalue weighted by molar-refractivity contribution is 6.25. The van der Waals surface area contributed by atoms with Crippen molar-refractivity contribution in [3.05, 3.63) is 84.4 Å². The Morgan fingerprint density at radius 1 is 0.417 bits per heavy atom. The van der Waals surface area contributed by atoms with Gasteiger partial charge in [-0.05, 0) is 36.4 Å². The Morgan fingerprint density at radius 3 is 1.17 bits per heavy atom. The Labute approximate surface area is 201 Å². The van der Waals surface area contributed by atoms with Crippen molar-refractivity contribution in [2.24, 2.45) is 0 Å². The Morgan fingerprint density at radius 2 is 0.778 bits per heavy atom. The van der Waals surface area contributed by atoms with Crippen molar-refractivity contribution in [1.82, 2.24) is 19.9 Å². The van der Waals surface area contributed by atoms with Gasteiger partial charge in [-0.3, -0.25) is 0 Å². The Balaban J connectivity index is 1.37. The molecular formula is C30H12F2N4. The van der Waals surface area contributed by atoms with Gasteiger partial charge < -0.3 is 0 Å². The van der Waals surface area contributed by atoms with Crippen LogP contribution < -0.4 is 0 Å². The quantitative estimate of drug-likeness (QED) is 0.218. The molecule has 0 radical (unpaired) electrons. The van der Waals surface area contributed by atoms with Crippen LogP contribution in [0.4, 0.5) is 8.78 Å². The molecule has 5 aromatic carbocycles. The molecule has 166 valence electrons. The molecule has 0 N–H and O–H groups in total. The number of rotatable bonds is 0. The predicted octanol–water partition coefficient (Wildman–Crippen LogP) is 7.45. The van der Waals surface area contributed by atoms with Gasteiger partial charge in [-0.2, -0.15) is 0 Å². The lowest BCUT2D eigenvalue weighted by molar-refractivity contribution is 0.618. The maximum absolute atomic E-state index is 14.5. The highest BCUT2D eigenvalue weighted by Crippen LogP contribution is 2.54. The van der Waals surface area contributed by atoms with Crippen LogP contribution in [0.15, 0.2) is 72.8 Å². The Bertz CT molecular complexity index is 2040. The molecule has 0 amide bonds. The summed E-state index contributed by atoms with van der Waals surface area (Å²) in [6.07, 6.45) is 0. The van der Waals surface area contributed by atoms with E-state index >= 15 is 0 Å². The van der Waals surface area contributed by atoms with Crippen LogP contribution in [0, 0.1) is 11.6 Å². The van der Waals surface area contributed by atoms with Crippen LogP contribution in [-0.4, -0.2) is 19.9 Å². The van der Waals surface area contributed by atoms with Gasteiger partial charge in [0, 0.05) is 43.8 Å². The number of hydrogen-bond acceptors (Lipinski definition) is 4. The fourth-order valence-electron chi connectivity index (χ4n) is 5.86. The number of benzene rings is 5. The molecule has 7 aromatic rings. The van der Waals surface area contributed by atoms with Crippen molar-refractivity contribution in [2.45, 2.75) is 0 Å². The van der Waals surface area contributed by atoms with Crippen molar-refractivity contribution in [1.29, 1.82) is 0 Å². The molecule has 2 aromatic heterocycles. The summed E-state index contributed by atoms with van der Waals surface area (Å²) < 4.78 is 28.9. The number of halogens is 2. The number of hydrogen-bond donors (Lipinski definition) is 0. The first-order valence-electron chi connectivity index (χ1n) is 11.6. The molecule has 4 nitrogen and oxygen atoms in total. The van der Waals surface area contributed by atoms with E-state index in [1.807, 2.05) is 24.3 Å². The summed E-state index contributed by atoms with van der Waals surface area (Å²) >= 11 is 0. The van der Waals surface area contributed by atoms with Gasteiger partial charge in [0.2, 0.25) is 0 Å². The fraction of sp³-hybridized carbons (Fsp3) is 0. The molecule has 2 aliphatic rings. The molecule has 0 saturated carbocycles. The molecule has 0 bridgehead atoms. The summed E-state index contributed by atoms with van der Waals surface area (Å²) in [6.45, 7) is 0. The van der Waals surface area contributed by atoms with Crippen molar-refractivity contribution < 1.29 is 8.78 Å². The number of fused-ring (bicyclic) bond motifs is 9. The molecule has 0 saturated heterocycles. The van der Waals surface area contributed by atoms with Gasteiger partial charge in [0.25, 0.3) is 0 Å². The Kier molecular flexibility index (Phi) is 3.10. The standard InChI is InChI=1S/C30H12F2N4/c31-19-9-10-20(32)18-12-24-23(11-17(18)19)35-29-15-7-5-13-25-14(6-8-16(26(15)25)30(29)36-24)28-27(13)33-21-3-1-2-4-22(21)34-28/h1-12H. The lowest BCUT2D eigenvalue weighted by atomic mass is 9.99. The summed E-state index contributed by atoms with van der Waals surface area (Å²) in [4.78, 5) is 19.7. The molecule has 0 fully saturated rings. The summed E-state index contributed by atoms with van der Waals surface area (Å²) in [7, 11) is 0. The summed E-state index contributed by atoms with van der Waals surface area (Å²) in [5.41, 5.74) is 10.1. The first kappa shape index (κ1) is 18.5. The van der Waals surface area contributed by atoms with Crippen molar-refractivity contribution in [3.8, 4) is 45.0 Å². The fourth-order valence-corrected chi connectivity index (χ4v) is 5.86. The van der Waals surface area contributed by atoms with Crippen molar-refractivity contribution in [3.63, 3.8) is 0 Å². The second-order valence-electron chi connectivity index (χ2n) is 9.32. The number of nitrogens with zero attached hydrogens (tertiary/aromatic N) is 4. The molecule has 0 spiro atoms. The molecule has 9 rings (SSSR count). The average molecular weight is 466 g/mol. The molecule has 6 heteroatoms. The zero-order valence-corrected chi connectivity index (χ0v) is 18.5. The van der Waals surface area contributed by atoms with E-state index in [0.29, 0.717) is 11.0 Å². The van der Waals surface area contributed by atoms with Crippen LogP contribution in [0.2, 0.25) is 0 Å². The van der Waals surface area contributed by atoms with Gasteiger partial charge in [-0.15, -0.1) is 0 Å². The predicted molar refractivity (Wildman–Crippen MR) is 136 cm³/mol. The summed E-state index contributed by atoms with van der Waals surface area (Å²) in [6, 6.07) is 21.6. The average Bonchev–Trinajstić information content (AvgIpc) is 3.39. The molecule has 36 heavy (non-hydrogen) atoms. The van der Waals surface area contributed by atoms with Gasteiger partial charge in [0.05, 0.1) is 44.8 Å². The third-order valence-electron chi connectivity index (χ3n) is 7.45. The van der Waals surface area contributed by atoms with Gasteiger partial charge in [0.1, 0.15) is 11.6 Å². The molecular weight excluding hydrogens is 454 g/mol. The van der Waals surface area contributed by atoms with Crippen LogP contribution >= 0.6 is 0 Å². The maximum Gasteiger partial charge on any atom is 0.131 e. The molecule has 0 unspecified atom stereocenters. The minimum atomic E-state index is -0.480. The number of para-hydroxylation sites is 2. The zero-order valence-electron chi connectivity index (χ0n) is 18.5. The second kappa shape index (κ2) is 6.04. The largest absolute Gasteiger partial charge is 0.244 e. The Hall–Kier alpha value is -4.84. The highest BCUT2D eigenvalue weighted by atomic mass is 19.1. The first-order valence-corrected chi connectivity index (χ1v) is 11.6. The third kappa shape index (κ3) is 2.09. The number of aromatic nitrogens is 4. The smallest absolute Gasteiger partial charge is 0.131 e. The van der Waals surface area contributed by atoms with E-state index in [1.165, 1.54) is 0 Å². The van der Waals surface area contributed by atoms with Gasteiger partial charge in [-0.1, -0.05) is 36.4 Å². The molecule has 0 atom stereocenters. The van der Waals surface area contributed by atoms with Crippen LogP contribution in [0.3, 0.4) is 0 Å². The van der Waals surface area contributed by atoms with E-state index in [9.17, 15) is 8.78 Å². The lowest BCUT2D eigenvalue weighted by Gasteiger charge is -2.07. The van der Waals surface area contributed by atoms with Crippen LogP contribution in [0.1, 0.15) is 0 Å². The minimum absolute atomic E-state index is 0.202. The van der Waals surface area contributed by atoms with Crippen molar-refractivity contribution >= 4 is 43.6 Å². The second-order valence-corrected chi connectivity index (χ2v) is 9.32. The highest BCUT2D eigenvalue weighted by Gasteiger charge is 2.32. The monoisotopic (exact) mass is 466 g/mol. The molecule has 2 aliphatic carbocycles. The van der Waals surface area contributed by atoms with E-state index in [-0.39, 0.29) is 10.8 Å². The minimum Gasteiger partial charge on any atom is -0.244 e. The normalized spacial score (nSPS) is 12.7. The van der Waals surface area contributed by atoms with Gasteiger partial charge in [-0.25, -0.2) is 28.7 Å². The molecule has 2 heterocycles. The third-order valence-corrected chi connectivity index (χ3v) is 7.45. The van der Waals surface area contributed by atoms with E-state index in [2.05, 4.69) is 24.3 Å². The van der Waals surface area contributed by atoms with Gasteiger partial charge >= 0.3 is 0 Å². The van der Waals surface area contributed by atoms with E-state index in [1.54, 1.807) is 12.1 Å².